The molecule has 0 fully saturated rings. The van der Waals surface area contributed by atoms with Crippen molar-refractivity contribution in [3.63, 3.8) is 0 Å². The van der Waals surface area contributed by atoms with Crippen LogP contribution in [0.4, 0.5) is 11.4 Å². The molecule has 4 aromatic rings. The van der Waals surface area contributed by atoms with Gasteiger partial charge in [-0.2, -0.15) is 0 Å². The summed E-state index contributed by atoms with van der Waals surface area (Å²) in [4.78, 5) is 53.4. The van der Waals surface area contributed by atoms with Gasteiger partial charge in [0.15, 0.2) is 0 Å². The highest BCUT2D eigenvalue weighted by molar-refractivity contribution is 9.10. The van der Waals surface area contributed by atoms with Crippen LogP contribution < -0.4 is 4.90 Å². The molecule has 0 spiro atoms. The van der Waals surface area contributed by atoms with Crippen molar-refractivity contribution in [3.8, 4) is 0 Å². The molecule has 9 heteroatoms. The molecule has 1 aliphatic heterocycles. The number of benzene rings is 4. The lowest BCUT2D eigenvalue weighted by atomic mass is 9.94. The molecule has 0 N–H and O–H groups in total. The first kappa shape index (κ1) is 24.3. The molecule has 3 amide bonds. The van der Waals surface area contributed by atoms with Crippen LogP contribution in [0.3, 0.4) is 0 Å². The lowest BCUT2D eigenvalue weighted by molar-refractivity contribution is -0.384. The third kappa shape index (κ3) is 4.38. The summed E-state index contributed by atoms with van der Waals surface area (Å²) in [7, 11) is 0. The van der Waals surface area contributed by atoms with E-state index in [0.717, 1.165) is 20.3 Å². The van der Waals surface area contributed by atoms with Crippen LogP contribution in [0.15, 0.2) is 83.3 Å². The Hall–Kier alpha value is -4.37. The topological polar surface area (TPSA) is 101 Å². The number of nitrogens with zero attached hydrogens (tertiary/aromatic N) is 3. The van der Waals surface area contributed by atoms with E-state index in [0.29, 0.717) is 22.2 Å². The van der Waals surface area contributed by atoms with Gasteiger partial charge in [-0.15, -0.1) is 0 Å². The van der Waals surface area contributed by atoms with Crippen LogP contribution in [-0.2, 0) is 0 Å². The number of nitro groups is 1. The van der Waals surface area contributed by atoms with Crippen molar-refractivity contribution >= 4 is 55.8 Å². The summed E-state index contributed by atoms with van der Waals surface area (Å²) in [6.45, 7) is 1.90. The first-order valence-electron chi connectivity index (χ1n) is 11.5. The highest BCUT2D eigenvalue weighted by Gasteiger charge is 2.34. The van der Waals surface area contributed by atoms with Crippen molar-refractivity contribution in [2.45, 2.75) is 6.92 Å². The Morgan fingerprint density at radius 1 is 0.946 bits per heavy atom. The van der Waals surface area contributed by atoms with E-state index in [-0.39, 0.29) is 24.3 Å². The van der Waals surface area contributed by atoms with Gasteiger partial charge in [0, 0.05) is 57.5 Å². The zero-order chi connectivity index (χ0) is 26.3. The number of nitro benzene ring substituents is 1. The van der Waals surface area contributed by atoms with E-state index in [2.05, 4.69) is 15.9 Å². The van der Waals surface area contributed by atoms with Gasteiger partial charge >= 0.3 is 0 Å². The van der Waals surface area contributed by atoms with Crippen LogP contribution in [0, 0.1) is 17.0 Å². The van der Waals surface area contributed by atoms with Gasteiger partial charge in [-0.1, -0.05) is 40.2 Å². The second-order valence-electron chi connectivity index (χ2n) is 8.68. The minimum atomic E-state index is -0.531. The van der Waals surface area contributed by atoms with Gasteiger partial charge in [-0.3, -0.25) is 29.4 Å². The molecule has 1 aliphatic rings. The van der Waals surface area contributed by atoms with E-state index in [1.165, 1.54) is 29.2 Å². The Morgan fingerprint density at radius 2 is 1.62 bits per heavy atom. The fourth-order valence-corrected chi connectivity index (χ4v) is 5.00. The molecule has 5 rings (SSSR count). The van der Waals surface area contributed by atoms with Crippen LogP contribution in [-0.4, -0.2) is 40.6 Å². The number of non-ortho nitro benzene ring substituents is 1. The number of carbonyl (C=O) groups excluding carboxylic acids is 3. The maximum atomic E-state index is 13.5. The zero-order valence-electron chi connectivity index (χ0n) is 19.7. The zero-order valence-corrected chi connectivity index (χ0v) is 21.3. The second-order valence-corrected chi connectivity index (χ2v) is 9.54. The summed E-state index contributed by atoms with van der Waals surface area (Å²) in [5.41, 5.74) is 2.50. The van der Waals surface area contributed by atoms with E-state index < -0.39 is 22.6 Å². The lowest BCUT2D eigenvalue weighted by Crippen LogP contribution is -2.46. The van der Waals surface area contributed by atoms with Gasteiger partial charge < -0.3 is 4.90 Å². The Morgan fingerprint density at radius 3 is 2.30 bits per heavy atom. The maximum Gasteiger partial charge on any atom is 0.269 e. The molecule has 0 saturated heterocycles. The molecule has 0 atom stereocenters. The molecule has 0 saturated carbocycles. The molecule has 0 aromatic heterocycles. The Bertz CT molecular complexity index is 1580. The van der Waals surface area contributed by atoms with Crippen molar-refractivity contribution in [2.24, 2.45) is 0 Å². The van der Waals surface area contributed by atoms with Gasteiger partial charge in [0.2, 0.25) is 0 Å². The number of aryl methyl sites for hydroxylation is 1. The number of rotatable bonds is 6. The first-order valence-corrected chi connectivity index (χ1v) is 12.3. The number of carbonyl (C=O) groups is 3. The van der Waals surface area contributed by atoms with Crippen molar-refractivity contribution in [1.29, 1.82) is 0 Å². The highest BCUT2D eigenvalue weighted by atomic mass is 79.9. The van der Waals surface area contributed by atoms with Gasteiger partial charge in [0.05, 0.1) is 4.92 Å². The van der Waals surface area contributed by atoms with Gasteiger partial charge in [0.1, 0.15) is 0 Å². The third-order valence-corrected chi connectivity index (χ3v) is 7.06. The summed E-state index contributed by atoms with van der Waals surface area (Å²) in [6.07, 6.45) is 0. The van der Waals surface area contributed by atoms with Crippen molar-refractivity contribution < 1.29 is 19.3 Å². The number of hydrogen-bond donors (Lipinski definition) is 0. The smallest absolute Gasteiger partial charge is 0.269 e. The minimum Gasteiger partial charge on any atom is -0.307 e. The van der Waals surface area contributed by atoms with E-state index in [9.17, 15) is 24.5 Å². The van der Waals surface area contributed by atoms with Crippen LogP contribution in [0.25, 0.3) is 10.8 Å². The fourth-order valence-electron chi connectivity index (χ4n) is 4.54. The number of halogens is 1. The molecule has 0 bridgehead atoms. The lowest BCUT2D eigenvalue weighted by Gasteiger charge is -2.30. The molecule has 0 radical (unpaired) electrons. The van der Waals surface area contributed by atoms with Crippen LogP contribution in [0.1, 0.15) is 36.6 Å². The molecule has 184 valence electrons. The summed E-state index contributed by atoms with van der Waals surface area (Å²) < 4.78 is 0.793. The first-order chi connectivity index (χ1) is 17.8. The number of imide groups is 1. The van der Waals surface area contributed by atoms with E-state index in [4.69, 9.17) is 0 Å². The summed E-state index contributed by atoms with van der Waals surface area (Å²) >= 11 is 3.49. The molecule has 1 heterocycles. The SMILES string of the molecule is Cc1cccc(N(CCN2C(=O)c3cccc4c(Br)ccc(c34)C2=O)C(=O)c2ccc([N+](=O)[O-])cc2)c1. The second kappa shape index (κ2) is 9.59. The molecule has 0 aliphatic carbocycles. The molecule has 0 unspecified atom stereocenters. The van der Waals surface area contributed by atoms with Crippen molar-refractivity contribution in [2.75, 3.05) is 18.0 Å². The van der Waals surface area contributed by atoms with Crippen molar-refractivity contribution in [3.05, 3.63) is 116 Å². The highest BCUT2D eigenvalue weighted by Crippen LogP contribution is 2.34. The third-order valence-electron chi connectivity index (χ3n) is 6.37. The van der Waals surface area contributed by atoms with Crippen LogP contribution in [0.5, 0.6) is 0 Å². The van der Waals surface area contributed by atoms with Crippen molar-refractivity contribution in [1.82, 2.24) is 4.90 Å². The number of hydrogen-bond acceptors (Lipinski definition) is 5. The predicted molar refractivity (Wildman–Crippen MR) is 143 cm³/mol. The summed E-state index contributed by atoms with van der Waals surface area (Å²) in [5, 5.41) is 12.4. The molecule has 8 nitrogen and oxygen atoms in total. The van der Waals surface area contributed by atoms with E-state index in [1.807, 2.05) is 31.2 Å². The molecule has 37 heavy (non-hydrogen) atoms. The van der Waals surface area contributed by atoms with Crippen LogP contribution in [0.2, 0.25) is 0 Å². The van der Waals surface area contributed by atoms with Gasteiger partial charge in [-0.05, 0) is 60.3 Å². The van der Waals surface area contributed by atoms with Gasteiger partial charge in [-0.25, -0.2) is 0 Å². The summed E-state index contributed by atoms with van der Waals surface area (Å²) in [5.74, 6) is -1.25. The quantitative estimate of drug-likeness (QED) is 0.170. The number of amides is 3. The van der Waals surface area contributed by atoms with Gasteiger partial charge in [0.25, 0.3) is 23.4 Å². The average molecular weight is 558 g/mol. The Labute approximate surface area is 220 Å². The standard InChI is InChI=1S/C28H20BrN3O5/c1-17-4-2-5-20(16-17)30(26(33)18-8-10-19(11-9-18)32(36)37)14-15-31-27(34)22-7-3-6-21-24(29)13-12-23(25(21)22)28(31)35/h2-13,16H,14-15H2,1H3. The Kier molecular flexibility index (Phi) is 6.31. The summed E-state index contributed by atoms with van der Waals surface area (Å²) in [6, 6.07) is 21.4. The largest absolute Gasteiger partial charge is 0.307 e. The maximum absolute atomic E-state index is 13.5. The molecule has 4 aromatic carbocycles. The minimum absolute atomic E-state index is 0.0315. The Balaban J connectivity index is 1.47. The van der Waals surface area contributed by atoms with E-state index >= 15 is 0 Å². The molecular formula is C28H20BrN3O5. The normalized spacial score (nSPS) is 12.6. The number of anilines is 1. The molecular weight excluding hydrogens is 538 g/mol. The monoisotopic (exact) mass is 557 g/mol. The fraction of sp³-hybridized carbons (Fsp3) is 0.107. The average Bonchev–Trinajstić information content (AvgIpc) is 2.90. The van der Waals surface area contributed by atoms with E-state index in [1.54, 1.807) is 30.3 Å². The van der Waals surface area contributed by atoms with Crippen LogP contribution >= 0.6 is 15.9 Å². The predicted octanol–water partition coefficient (Wildman–Crippen LogP) is 5.76.